The smallest absolute Gasteiger partial charge is 0.407 e. The lowest BCUT2D eigenvalue weighted by atomic mass is 9.90. The molecular weight excluding hydrogens is 833 g/mol. The molecule has 3 aliphatic rings. The molecule has 0 saturated carbocycles. The summed E-state index contributed by atoms with van der Waals surface area (Å²) in [6, 6.07) is 18.7. The summed E-state index contributed by atoms with van der Waals surface area (Å²) < 4.78 is 10.4. The predicted molar refractivity (Wildman–Crippen MR) is 247 cm³/mol. The average Bonchev–Trinajstić information content (AvgIpc) is 4.08. The number of hydrogen-bond donors (Lipinski definition) is 5. The molecule has 334 valence electrons. The van der Waals surface area contributed by atoms with E-state index in [0.717, 1.165) is 67.9 Å². The van der Waals surface area contributed by atoms with Crippen LogP contribution in [0, 0.1) is 11.8 Å². The highest BCUT2D eigenvalue weighted by Crippen LogP contribution is 2.41. The zero-order valence-corrected chi connectivity index (χ0v) is 39.3. The number of aromatic nitrogens is 4. The van der Waals surface area contributed by atoms with Crippen molar-refractivity contribution in [2.24, 2.45) is 11.8 Å². The van der Waals surface area contributed by atoms with Crippen LogP contribution in [0.15, 0.2) is 60.8 Å². The third-order valence-electron chi connectivity index (χ3n) is 13.1. The van der Waals surface area contributed by atoms with E-state index >= 15 is 0 Å². The number of alkyl carbamates (subject to hydrolysis) is 1. The second-order valence-electron chi connectivity index (χ2n) is 19.5. The van der Waals surface area contributed by atoms with Crippen molar-refractivity contribution in [3.05, 3.63) is 72.4 Å². The number of H-pyrrole nitrogens is 2. The molecule has 0 radical (unpaired) electrons. The molecule has 5 N–H and O–H groups in total. The third kappa shape index (κ3) is 9.19. The molecule has 15 nitrogen and oxygen atoms in total. The Bertz CT molecular complexity index is 2510. The van der Waals surface area contributed by atoms with Crippen LogP contribution in [0.2, 0.25) is 38.3 Å². The molecule has 17 heteroatoms. The van der Waals surface area contributed by atoms with Crippen LogP contribution in [-0.2, 0) is 23.9 Å². The fourth-order valence-corrected chi connectivity index (χ4v) is 15.6. The van der Waals surface area contributed by atoms with Crippen molar-refractivity contribution in [1.82, 2.24) is 40.4 Å². The van der Waals surface area contributed by atoms with Crippen molar-refractivity contribution >= 4 is 61.8 Å². The van der Waals surface area contributed by atoms with Gasteiger partial charge in [-0.1, -0.05) is 82.5 Å². The maximum absolute atomic E-state index is 14.4. The van der Waals surface area contributed by atoms with Gasteiger partial charge in [-0.3, -0.25) is 14.4 Å². The average molecular weight is 893 g/mol. The van der Waals surface area contributed by atoms with E-state index in [0.29, 0.717) is 38.4 Å². The number of nitrogens with zero attached hydrogens (tertiary/aromatic N) is 4. The molecule has 4 amide bonds. The first-order valence-corrected chi connectivity index (χ1v) is 28.9. The zero-order chi connectivity index (χ0) is 44.8. The maximum Gasteiger partial charge on any atom is 0.407 e. The Balaban J connectivity index is 1.01. The van der Waals surface area contributed by atoms with Gasteiger partial charge in [0.05, 0.1) is 58.3 Å². The van der Waals surface area contributed by atoms with Crippen LogP contribution in [0.1, 0.15) is 50.4 Å². The van der Waals surface area contributed by atoms with Gasteiger partial charge in [0.25, 0.3) is 0 Å². The quantitative estimate of drug-likeness (QED) is 0.0944. The molecule has 3 fully saturated rings. The zero-order valence-electron chi connectivity index (χ0n) is 37.3. The Kier molecular flexibility index (Phi) is 12.4. The van der Waals surface area contributed by atoms with E-state index in [1.165, 1.54) is 7.11 Å². The van der Waals surface area contributed by atoms with Gasteiger partial charge in [0.2, 0.25) is 17.7 Å². The van der Waals surface area contributed by atoms with Crippen LogP contribution >= 0.6 is 0 Å². The number of amides is 4. The SMILES string of the molecule is COC(=O)NC(C(=O)N1C[Si](C)(C)CC1c1ncc(-c2ccc(-c3ccc4c(ccc5nc([C@@H]6C[Si](C)(C)CN6C(=O)C(NC(=O)CO)C6CCOCC6)[nH]c54)c3)cc2)[nH]1)C(C)C. The Morgan fingerprint density at radius 3 is 2.13 bits per heavy atom. The number of carbonyl (C=O) groups is 4. The largest absolute Gasteiger partial charge is 0.453 e. The van der Waals surface area contributed by atoms with Gasteiger partial charge in [0.15, 0.2) is 0 Å². The number of methoxy groups -OCH3 is 1. The first-order valence-electron chi connectivity index (χ1n) is 22.1. The molecule has 0 aliphatic carbocycles. The number of aromatic amines is 2. The summed E-state index contributed by atoms with van der Waals surface area (Å²) in [6.45, 7) is 13.4. The summed E-state index contributed by atoms with van der Waals surface area (Å²) >= 11 is 0. The summed E-state index contributed by atoms with van der Waals surface area (Å²) in [7, 11) is -2.30. The Morgan fingerprint density at radius 2 is 1.48 bits per heavy atom. The second kappa shape index (κ2) is 17.7. The fourth-order valence-electron chi connectivity index (χ4n) is 9.86. The molecule has 0 bridgehead atoms. The number of benzene rings is 3. The van der Waals surface area contributed by atoms with E-state index in [1.54, 1.807) is 0 Å². The Hall–Kier alpha value is -5.37. The van der Waals surface area contributed by atoms with Crippen molar-refractivity contribution in [2.45, 2.75) is 89.1 Å². The van der Waals surface area contributed by atoms with E-state index in [9.17, 15) is 24.3 Å². The molecule has 5 aromatic rings. The number of aliphatic hydroxyl groups excluding tert-OH is 1. The lowest BCUT2D eigenvalue weighted by Gasteiger charge is -2.34. The van der Waals surface area contributed by atoms with Crippen LogP contribution in [-0.4, -0.2) is 126 Å². The van der Waals surface area contributed by atoms with Crippen molar-refractivity contribution in [2.75, 3.05) is 39.3 Å². The van der Waals surface area contributed by atoms with Gasteiger partial charge in [-0.15, -0.1) is 0 Å². The number of imidazole rings is 2. The van der Waals surface area contributed by atoms with Crippen molar-refractivity contribution in [1.29, 1.82) is 0 Å². The highest BCUT2D eigenvalue weighted by Gasteiger charge is 2.48. The fraction of sp³-hybridized carbons (Fsp3) is 0.478. The molecule has 3 aliphatic heterocycles. The van der Waals surface area contributed by atoms with Crippen LogP contribution in [0.3, 0.4) is 0 Å². The standard InChI is InChI=1S/C46H60N8O7Si2/c1-27(2)39(52-46(59)60-3)44(57)53-25-62(4,5)23-36(53)42-47-21-35(49-42)29-10-8-28(9-11-29)31-12-14-33-32(20-31)13-15-34-41(33)51-43(48-34)37-24-63(6,7)26-54(37)45(58)40(50-38(56)22-55)30-16-18-61-19-17-30/h8-15,20-21,27,30,36-37,39-40,55H,16-19,22-26H2,1-7H3,(H,47,49)(H,48,51)(H,50,56)(H,52,59)/t36?,37-,39?,40?/m0/s1. The number of hydrogen-bond acceptors (Lipinski definition) is 9. The molecular formula is C46H60N8O7Si2. The van der Waals surface area contributed by atoms with E-state index in [4.69, 9.17) is 19.4 Å². The molecule has 5 heterocycles. The van der Waals surface area contributed by atoms with E-state index in [-0.39, 0.29) is 35.7 Å². The number of nitrogens with one attached hydrogen (secondary N) is 4. The minimum atomic E-state index is -1.83. The van der Waals surface area contributed by atoms with Gasteiger partial charge in [-0.2, -0.15) is 0 Å². The van der Waals surface area contributed by atoms with Gasteiger partial charge in [-0.05, 0) is 71.0 Å². The summed E-state index contributed by atoms with van der Waals surface area (Å²) in [5.74, 6) is 0.514. The lowest BCUT2D eigenvalue weighted by Crippen LogP contribution is -2.54. The minimum absolute atomic E-state index is 0.0697. The molecule has 8 rings (SSSR count). The van der Waals surface area contributed by atoms with Crippen LogP contribution in [0.4, 0.5) is 4.79 Å². The molecule has 63 heavy (non-hydrogen) atoms. The van der Waals surface area contributed by atoms with Gasteiger partial charge in [0.1, 0.15) is 30.3 Å². The van der Waals surface area contributed by atoms with Gasteiger partial charge >= 0.3 is 6.09 Å². The molecule has 3 aromatic carbocycles. The topological polar surface area (TPSA) is 195 Å². The molecule has 3 unspecified atom stereocenters. The molecule has 0 spiro atoms. The normalized spacial score (nSPS) is 20.9. The highest BCUT2D eigenvalue weighted by molar-refractivity contribution is 6.79. The van der Waals surface area contributed by atoms with Crippen molar-refractivity contribution in [3.8, 4) is 22.4 Å². The van der Waals surface area contributed by atoms with Crippen LogP contribution in [0.25, 0.3) is 44.2 Å². The molecule has 4 atom stereocenters. The number of carbonyl (C=O) groups excluding carboxylic acids is 4. The summed E-state index contributed by atoms with van der Waals surface area (Å²) in [5, 5.41) is 17.2. The minimum Gasteiger partial charge on any atom is -0.453 e. The predicted octanol–water partition coefficient (Wildman–Crippen LogP) is 6.32. The number of aliphatic hydroxyl groups is 1. The lowest BCUT2D eigenvalue weighted by molar-refractivity contribution is -0.140. The Labute approximate surface area is 369 Å². The first kappa shape index (κ1) is 44.2. The van der Waals surface area contributed by atoms with E-state index in [1.807, 2.05) is 35.9 Å². The second-order valence-corrected chi connectivity index (χ2v) is 29.6. The summed E-state index contributed by atoms with van der Waals surface area (Å²) in [4.78, 5) is 73.7. The molecule has 2 aromatic heterocycles. The highest BCUT2D eigenvalue weighted by atomic mass is 28.3. The van der Waals surface area contributed by atoms with E-state index in [2.05, 4.69) is 95.3 Å². The van der Waals surface area contributed by atoms with E-state index < -0.39 is 46.8 Å². The number of fused-ring (bicyclic) bond motifs is 3. The third-order valence-corrected chi connectivity index (χ3v) is 18.5. The maximum atomic E-state index is 14.4. The van der Waals surface area contributed by atoms with Gasteiger partial charge in [-0.25, -0.2) is 14.8 Å². The number of ether oxygens (including phenoxy) is 2. The van der Waals surface area contributed by atoms with Gasteiger partial charge in [0, 0.05) is 30.9 Å². The van der Waals surface area contributed by atoms with Crippen LogP contribution < -0.4 is 10.6 Å². The van der Waals surface area contributed by atoms with Crippen molar-refractivity contribution in [3.63, 3.8) is 0 Å². The first-order chi connectivity index (χ1) is 30.0. The number of rotatable bonds is 11. The Morgan fingerprint density at radius 1 is 0.841 bits per heavy atom. The van der Waals surface area contributed by atoms with Gasteiger partial charge < -0.3 is 45.0 Å². The van der Waals surface area contributed by atoms with Crippen molar-refractivity contribution < 1.29 is 33.8 Å². The molecule has 3 saturated heterocycles. The monoisotopic (exact) mass is 892 g/mol. The van der Waals surface area contributed by atoms with Crippen LogP contribution in [0.5, 0.6) is 0 Å². The summed E-state index contributed by atoms with van der Waals surface area (Å²) in [6.07, 6.45) is 3.87. The summed E-state index contributed by atoms with van der Waals surface area (Å²) in [5.41, 5.74) is 5.71.